The zero-order valence-corrected chi connectivity index (χ0v) is 9.62. The van der Waals surface area contributed by atoms with Crippen LogP contribution in [0.1, 0.15) is 0 Å². The van der Waals surface area contributed by atoms with E-state index in [-0.39, 0.29) is 17.5 Å². The molecule has 1 amide bonds. The number of rotatable bonds is 3. The lowest BCUT2D eigenvalue weighted by Gasteiger charge is -2.06. The van der Waals surface area contributed by atoms with E-state index in [2.05, 4.69) is 5.32 Å². The van der Waals surface area contributed by atoms with Gasteiger partial charge in [0.05, 0.1) is 5.02 Å². The molecule has 17 heavy (non-hydrogen) atoms. The minimum Gasteiger partial charge on any atom is -0.345 e. The van der Waals surface area contributed by atoms with Gasteiger partial charge in [-0.3, -0.25) is 4.79 Å². The number of hydrogen-bond donors (Lipinski definition) is 1. The standard InChI is InChI=1S/C12H10ClFN2O/c13-10-7-9(3-4-11(10)14)15-12(17)8-16-5-1-2-6-16/h1-7H,8H2,(H,15,17). The van der Waals surface area contributed by atoms with Crippen LogP contribution in [0.5, 0.6) is 0 Å². The number of benzene rings is 1. The zero-order valence-electron chi connectivity index (χ0n) is 8.86. The van der Waals surface area contributed by atoms with Crippen molar-refractivity contribution in [3.63, 3.8) is 0 Å². The summed E-state index contributed by atoms with van der Waals surface area (Å²) in [6, 6.07) is 7.73. The Labute approximate surface area is 103 Å². The molecule has 88 valence electrons. The summed E-state index contributed by atoms with van der Waals surface area (Å²) in [5, 5.41) is 2.63. The van der Waals surface area contributed by atoms with Crippen molar-refractivity contribution in [3.8, 4) is 0 Å². The summed E-state index contributed by atoms with van der Waals surface area (Å²) in [6.45, 7) is 0.210. The molecular weight excluding hydrogens is 243 g/mol. The van der Waals surface area contributed by atoms with Crippen molar-refractivity contribution >= 4 is 23.2 Å². The van der Waals surface area contributed by atoms with E-state index in [1.165, 1.54) is 18.2 Å². The number of amides is 1. The van der Waals surface area contributed by atoms with Gasteiger partial charge in [0.1, 0.15) is 12.4 Å². The van der Waals surface area contributed by atoms with E-state index in [0.29, 0.717) is 5.69 Å². The molecule has 1 N–H and O–H groups in total. The molecule has 0 aliphatic heterocycles. The van der Waals surface area contributed by atoms with Gasteiger partial charge in [-0.1, -0.05) is 11.6 Å². The van der Waals surface area contributed by atoms with Gasteiger partial charge in [-0.2, -0.15) is 0 Å². The predicted molar refractivity (Wildman–Crippen MR) is 64.5 cm³/mol. The monoisotopic (exact) mass is 252 g/mol. The van der Waals surface area contributed by atoms with E-state index in [4.69, 9.17) is 11.6 Å². The molecule has 0 aliphatic rings. The molecule has 1 heterocycles. The molecule has 2 aromatic rings. The molecule has 2 rings (SSSR count). The van der Waals surface area contributed by atoms with Gasteiger partial charge in [-0.25, -0.2) is 4.39 Å². The third kappa shape index (κ3) is 3.07. The number of aromatic nitrogens is 1. The molecule has 0 radical (unpaired) electrons. The number of hydrogen-bond acceptors (Lipinski definition) is 1. The lowest BCUT2D eigenvalue weighted by Crippen LogP contribution is -2.17. The van der Waals surface area contributed by atoms with E-state index in [1.54, 1.807) is 17.0 Å². The molecule has 3 nitrogen and oxygen atoms in total. The van der Waals surface area contributed by atoms with Crippen molar-refractivity contribution in [2.24, 2.45) is 0 Å². The average molecular weight is 253 g/mol. The van der Waals surface area contributed by atoms with Gasteiger partial charge < -0.3 is 9.88 Å². The van der Waals surface area contributed by atoms with E-state index < -0.39 is 5.82 Å². The Morgan fingerprint density at radius 1 is 1.35 bits per heavy atom. The fraction of sp³-hybridized carbons (Fsp3) is 0.0833. The number of nitrogens with one attached hydrogen (secondary N) is 1. The van der Waals surface area contributed by atoms with Crippen LogP contribution in [0.2, 0.25) is 5.02 Å². The van der Waals surface area contributed by atoms with Crippen LogP contribution in [-0.4, -0.2) is 10.5 Å². The van der Waals surface area contributed by atoms with Crippen molar-refractivity contribution in [1.29, 1.82) is 0 Å². The second-order valence-corrected chi connectivity index (χ2v) is 3.94. The van der Waals surface area contributed by atoms with Gasteiger partial charge in [0, 0.05) is 18.1 Å². The van der Waals surface area contributed by atoms with Gasteiger partial charge in [-0.05, 0) is 30.3 Å². The van der Waals surface area contributed by atoms with Crippen molar-refractivity contribution in [2.45, 2.75) is 6.54 Å². The highest BCUT2D eigenvalue weighted by Gasteiger charge is 2.05. The van der Waals surface area contributed by atoms with E-state index in [0.717, 1.165) is 0 Å². The highest BCUT2D eigenvalue weighted by molar-refractivity contribution is 6.31. The molecule has 5 heteroatoms. The Hall–Kier alpha value is -1.81. The van der Waals surface area contributed by atoms with Gasteiger partial charge >= 0.3 is 0 Å². The molecular formula is C12H10ClFN2O. The summed E-state index contributed by atoms with van der Waals surface area (Å²) in [6.07, 6.45) is 3.58. The number of anilines is 1. The third-order valence-electron chi connectivity index (χ3n) is 2.20. The maximum absolute atomic E-state index is 12.9. The highest BCUT2D eigenvalue weighted by atomic mass is 35.5. The molecule has 0 aliphatic carbocycles. The number of carbonyl (C=O) groups excluding carboxylic acids is 1. The molecule has 0 fully saturated rings. The average Bonchev–Trinajstić information content (AvgIpc) is 2.76. The molecule has 0 bridgehead atoms. The number of carbonyl (C=O) groups is 1. The Morgan fingerprint density at radius 3 is 2.71 bits per heavy atom. The summed E-state index contributed by atoms with van der Waals surface area (Å²) in [5.74, 6) is -0.695. The first-order valence-electron chi connectivity index (χ1n) is 5.01. The highest BCUT2D eigenvalue weighted by Crippen LogP contribution is 2.19. The first kappa shape index (κ1) is 11.7. The van der Waals surface area contributed by atoms with Gasteiger partial charge in [0.15, 0.2) is 0 Å². The minimum absolute atomic E-state index is 0.0104. The van der Waals surface area contributed by atoms with Crippen LogP contribution in [0.25, 0.3) is 0 Å². The number of halogens is 2. The van der Waals surface area contributed by atoms with Crippen LogP contribution in [0, 0.1) is 5.82 Å². The summed E-state index contributed by atoms with van der Waals surface area (Å²) in [4.78, 5) is 11.6. The molecule has 0 saturated carbocycles. The largest absolute Gasteiger partial charge is 0.345 e. The Bertz CT molecular complexity index is 525. The summed E-state index contributed by atoms with van der Waals surface area (Å²) in [7, 11) is 0. The maximum Gasteiger partial charge on any atom is 0.244 e. The van der Waals surface area contributed by atoms with E-state index in [1.807, 2.05) is 12.1 Å². The topological polar surface area (TPSA) is 34.0 Å². The first-order valence-corrected chi connectivity index (χ1v) is 5.38. The van der Waals surface area contributed by atoms with Crippen molar-refractivity contribution in [1.82, 2.24) is 4.57 Å². The van der Waals surface area contributed by atoms with Crippen LogP contribution >= 0.6 is 11.6 Å². The molecule has 1 aromatic carbocycles. The fourth-order valence-corrected chi connectivity index (χ4v) is 1.60. The van der Waals surface area contributed by atoms with Crippen LogP contribution < -0.4 is 5.32 Å². The van der Waals surface area contributed by atoms with Crippen LogP contribution in [-0.2, 0) is 11.3 Å². The molecule has 0 atom stereocenters. The van der Waals surface area contributed by atoms with Gasteiger partial charge in [-0.15, -0.1) is 0 Å². The smallest absolute Gasteiger partial charge is 0.244 e. The van der Waals surface area contributed by atoms with Crippen LogP contribution in [0.3, 0.4) is 0 Å². The molecule has 0 spiro atoms. The summed E-state index contributed by atoms with van der Waals surface area (Å²) in [5.41, 5.74) is 0.480. The third-order valence-corrected chi connectivity index (χ3v) is 2.49. The van der Waals surface area contributed by atoms with E-state index >= 15 is 0 Å². The summed E-state index contributed by atoms with van der Waals surface area (Å²) >= 11 is 5.61. The first-order chi connectivity index (χ1) is 8.15. The molecule has 0 saturated heterocycles. The second kappa shape index (κ2) is 5.01. The van der Waals surface area contributed by atoms with Gasteiger partial charge in [0.2, 0.25) is 5.91 Å². The number of nitrogens with zero attached hydrogens (tertiary/aromatic N) is 1. The van der Waals surface area contributed by atoms with E-state index in [9.17, 15) is 9.18 Å². The lowest BCUT2D eigenvalue weighted by molar-refractivity contribution is -0.116. The summed E-state index contributed by atoms with van der Waals surface area (Å²) < 4.78 is 14.6. The predicted octanol–water partition coefficient (Wildman–Crippen LogP) is 2.92. The quantitative estimate of drug-likeness (QED) is 0.895. The fourth-order valence-electron chi connectivity index (χ4n) is 1.42. The molecule has 1 aromatic heterocycles. The van der Waals surface area contributed by atoms with Crippen molar-refractivity contribution in [2.75, 3.05) is 5.32 Å². The minimum atomic E-state index is -0.505. The lowest BCUT2D eigenvalue weighted by atomic mass is 10.3. The van der Waals surface area contributed by atoms with Gasteiger partial charge in [0.25, 0.3) is 0 Å². The van der Waals surface area contributed by atoms with Crippen molar-refractivity contribution in [3.05, 3.63) is 53.6 Å². The Balaban J connectivity index is 2.00. The molecule has 0 unspecified atom stereocenters. The van der Waals surface area contributed by atoms with Crippen molar-refractivity contribution < 1.29 is 9.18 Å². The zero-order chi connectivity index (χ0) is 12.3. The maximum atomic E-state index is 12.9. The Morgan fingerprint density at radius 2 is 2.06 bits per heavy atom. The van der Waals surface area contributed by atoms with Crippen LogP contribution in [0.4, 0.5) is 10.1 Å². The Kier molecular flexibility index (Phi) is 3.44. The normalized spacial score (nSPS) is 10.2. The second-order valence-electron chi connectivity index (χ2n) is 3.53. The van der Waals surface area contributed by atoms with Crippen LogP contribution in [0.15, 0.2) is 42.7 Å². The SMILES string of the molecule is O=C(Cn1cccc1)Nc1ccc(F)c(Cl)c1.